The highest BCUT2D eigenvalue weighted by Gasteiger charge is 2.36. The number of ether oxygens (including phenoxy) is 1. The zero-order chi connectivity index (χ0) is 19.0. The second-order valence-corrected chi connectivity index (χ2v) is 7.05. The van der Waals surface area contributed by atoms with E-state index in [-0.39, 0.29) is 24.0 Å². The monoisotopic (exact) mass is 366 g/mol. The van der Waals surface area contributed by atoms with Crippen molar-refractivity contribution in [2.75, 3.05) is 7.11 Å². The van der Waals surface area contributed by atoms with E-state index in [1.807, 2.05) is 19.1 Å². The van der Waals surface area contributed by atoms with Crippen molar-refractivity contribution in [3.63, 3.8) is 0 Å². The molecule has 4 rings (SSSR count). The van der Waals surface area contributed by atoms with Crippen LogP contribution in [0, 0.1) is 12.8 Å². The van der Waals surface area contributed by atoms with E-state index in [1.54, 1.807) is 31.6 Å². The predicted molar refractivity (Wildman–Crippen MR) is 101 cm³/mol. The Balaban J connectivity index is 1.60. The van der Waals surface area contributed by atoms with Gasteiger partial charge in [-0.3, -0.25) is 9.78 Å². The van der Waals surface area contributed by atoms with E-state index in [2.05, 4.69) is 20.3 Å². The van der Waals surface area contributed by atoms with Crippen LogP contribution in [0.1, 0.15) is 40.6 Å². The van der Waals surface area contributed by atoms with E-state index in [1.165, 1.54) is 0 Å². The Morgan fingerprint density at radius 1 is 1.33 bits per heavy atom. The lowest BCUT2D eigenvalue weighted by Crippen LogP contribution is -2.41. The predicted octanol–water partition coefficient (Wildman–Crippen LogP) is 2.52. The average molecular weight is 366 g/mol. The van der Waals surface area contributed by atoms with Gasteiger partial charge in [-0.15, -0.1) is 0 Å². The molecule has 1 fully saturated rings. The Labute approximate surface area is 156 Å². The third kappa shape index (κ3) is 3.50. The molecule has 1 saturated carbocycles. The van der Waals surface area contributed by atoms with Gasteiger partial charge in [0.05, 0.1) is 36.5 Å². The maximum absolute atomic E-state index is 12.9. The van der Waals surface area contributed by atoms with Gasteiger partial charge in [-0.2, -0.15) is 0 Å². The second-order valence-electron chi connectivity index (χ2n) is 7.05. The topological polar surface area (TPSA) is 100 Å². The number of hydrogen-bond acceptors (Lipinski definition) is 5. The Morgan fingerprint density at radius 2 is 2.15 bits per heavy atom. The van der Waals surface area contributed by atoms with Gasteiger partial charge < -0.3 is 20.1 Å². The number of aromatic amines is 1. The fraction of sp³-hybridized carbons (Fsp3) is 0.350. The minimum absolute atomic E-state index is 0.163. The summed E-state index contributed by atoms with van der Waals surface area (Å²) < 4.78 is 5.26. The number of rotatable bonds is 5. The summed E-state index contributed by atoms with van der Waals surface area (Å²) in [6, 6.07) is 7.06. The zero-order valence-corrected chi connectivity index (χ0v) is 15.3. The van der Waals surface area contributed by atoms with E-state index in [9.17, 15) is 9.90 Å². The van der Waals surface area contributed by atoms with E-state index < -0.39 is 0 Å². The summed E-state index contributed by atoms with van der Waals surface area (Å²) in [5.41, 5.74) is 3.10. The maximum Gasteiger partial charge on any atom is 0.251 e. The molecule has 1 atom stereocenters. The number of pyridine rings is 1. The number of nitrogens with one attached hydrogen (secondary N) is 2. The fourth-order valence-electron chi connectivity index (χ4n) is 3.60. The van der Waals surface area contributed by atoms with E-state index in [4.69, 9.17) is 4.74 Å². The number of aliphatic hydroxyl groups excluding tert-OH is 1. The second kappa shape index (κ2) is 7.00. The molecule has 0 saturated heterocycles. The van der Waals surface area contributed by atoms with Crippen LogP contribution < -0.4 is 10.1 Å². The lowest BCUT2D eigenvalue weighted by molar-refractivity contribution is 0.0234. The van der Waals surface area contributed by atoms with Crippen molar-refractivity contribution >= 4 is 16.9 Å². The highest BCUT2D eigenvalue weighted by atomic mass is 16.5. The number of aromatic nitrogens is 3. The first-order valence-electron chi connectivity index (χ1n) is 8.97. The van der Waals surface area contributed by atoms with Crippen molar-refractivity contribution in [3.05, 3.63) is 53.6 Å². The number of benzene rings is 1. The molecule has 2 heterocycles. The molecule has 0 spiro atoms. The Kier molecular flexibility index (Phi) is 4.53. The molecule has 3 aromatic rings. The van der Waals surface area contributed by atoms with Gasteiger partial charge in [0.15, 0.2) is 0 Å². The van der Waals surface area contributed by atoms with Crippen LogP contribution in [-0.4, -0.2) is 39.2 Å². The number of aliphatic hydroxyl groups is 1. The summed E-state index contributed by atoms with van der Waals surface area (Å²) in [4.78, 5) is 24.6. The van der Waals surface area contributed by atoms with Crippen LogP contribution in [0.15, 0.2) is 36.7 Å². The summed E-state index contributed by atoms with van der Waals surface area (Å²) in [7, 11) is 1.59. The van der Waals surface area contributed by atoms with Gasteiger partial charge in [0.25, 0.3) is 5.91 Å². The lowest BCUT2D eigenvalue weighted by atomic mass is 9.75. The highest BCUT2D eigenvalue weighted by Crippen LogP contribution is 2.38. The van der Waals surface area contributed by atoms with Crippen LogP contribution >= 0.6 is 0 Å². The third-order valence-corrected chi connectivity index (χ3v) is 5.10. The summed E-state index contributed by atoms with van der Waals surface area (Å²) >= 11 is 0. The molecule has 1 aromatic carbocycles. The van der Waals surface area contributed by atoms with E-state index in [0.29, 0.717) is 24.2 Å². The molecule has 0 unspecified atom stereocenters. The van der Waals surface area contributed by atoms with Crippen molar-refractivity contribution in [3.8, 4) is 5.75 Å². The van der Waals surface area contributed by atoms with Gasteiger partial charge in [-0.1, -0.05) is 0 Å². The largest absolute Gasteiger partial charge is 0.495 e. The highest BCUT2D eigenvalue weighted by molar-refractivity contribution is 5.97. The first-order chi connectivity index (χ1) is 13.0. The molecule has 0 aliphatic heterocycles. The van der Waals surface area contributed by atoms with Crippen LogP contribution in [0.4, 0.5) is 0 Å². The van der Waals surface area contributed by atoms with Crippen LogP contribution in [0.5, 0.6) is 5.75 Å². The Morgan fingerprint density at radius 3 is 2.89 bits per heavy atom. The van der Waals surface area contributed by atoms with Crippen molar-refractivity contribution < 1.29 is 14.6 Å². The molecular formula is C20H22N4O3. The molecule has 1 amide bonds. The number of amides is 1. The van der Waals surface area contributed by atoms with E-state index in [0.717, 1.165) is 22.4 Å². The lowest BCUT2D eigenvalue weighted by Gasteiger charge is -2.38. The van der Waals surface area contributed by atoms with Crippen molar-refractivity contribution in [1.82, 2.24) is 20.3 Å². The smallest absolute Gasteiger partial charge is 0.251 e. The number of carbonyl (C=O) groups is 1. The number of hydrogen-bond donors (Lipinski definition) is 3. The molecule has 7 nitrogen and oxygen atoms in total. The third-order valence-electron chi connectivity index (χ3n) is 5.10. The van der Waals surface area contributed by atoms with Gasteiger partial charge in [0, 0.05) is 11.8 Å². The van der Waals surface area contributed by atoms with Crippen molar-refractivity contribution in [2.45, 2.75) is 31.9 Å². The summed E-state index contributed by atoms with van der Waals surface area (Å²) in [5, 5.41) is 12.8. The number of H-pyrrole nitrogens is 1. The summed E-state index contributed by atoms with van der Waals surface area (Å²) in [5.74, 6) is 1.45. The minimum Gasteiger partial charge on any atom is -0.495 e. The molecule has 7 heteroatoms. The van der Waals surface area contributed by atoms with Gasteiger partial charge in [-0.05, 0) is 55.5 Å². The van der Waals surface area contributed by atoms with Crippen molar-refractivity contribution in [2.24, 2.45) is 5.92 Å². The molecule has 1 aliphatic rings. The van der Waals surface area contributed by atoms with Crippen LogP contribution in [-0.2, 0) is 0 Å². The summed E-state index contributed by atoms with van der Waals surface area (Å²) in [6.45, 7) is 1.88. The molecule has 2 aromatic heterocycles. The minimum atomic E-state index is -0.308. The Hall–Kier alpha value is -2.93. The molecular weight excluding hydrogens is 344 g/mol. The molecule has 1 aliphatic carbocycles. The number of methoxy groups -OCH3 is 1. The molecule has 27 heavy (non-hydrogen) atoms. The zero-order valence-electron chi connectivity index (χ0n) is 15.3. The molecule has 3 N–H and O–H groups in total. The molecule has 140 valence electrons. The first kappa shape index (κ1) is 17.5. The number of imidazole rings is 1. The van der Waals surface area contributed by atoms with Gasteiger partial charge in [0.1, 0.15) is 11.6 Å². The summed E-state index contributed by atoms with van der Waals surface area (Å²) in [6.07, 6.45) is 4.37. The van der Waals surface area contributed by atoms with Gasteiger partial charge in [0.2, 0.25) is 0 Å². The van der Waals surface area contributed by atoms with Crippen LogP contribution in [0.2, 0.25) is 0 Å². The average Bonchev–Trinajstić information content (AvgIpc) is 3.02. The standard InChI is InChI=1S/C20H22N4O3/c1-11-22-17-4-3-12(8-18(17)23-11)20(26)24-19(13-5-15(25)6-13)14-7-16(27-2)10-21-9-14/h3-4,7-10,13,15,19,25H,5-6H2,1-2H3,(H,22,23)(H,24,26)/t13?,15?,19-/m0/s1. The van der Waals surface area contributed by atoms with Crippen LogP contribution in [0.3, 0.4) is 0 Å². The quantitative estimate of drug-likeness (QED) is 0.644. The number of fused-ring (bicyclic) bond motifs is 1. The SMILES string of the molecule is COc1cncc([C@@H](NC(=O)c2ccc3nc(C)[nH]c3c2)C2CC(O)C2)c1. The Bertz CT molecular complexity index is 978. The first-order valence-corrected chi connectivity index (χ1v) is 8.97. The number of aryl methyl sites for hydroxylation is 1. The van der Waals surface area contributed by atoms with Crippen molar-refractivity contribution in [1.29, 1.82) is 0 Å². The van der Waals surface area contributed by atoms with E-state index >= 15 is 0 Å². The van der Waals surface area contributed by atoms with Crippen LogP contribution in [0.25, 0.3) is 11.0 Å². The number of nitrogens with zero attached hydrogens (tertiary/aromatic N) is 2. The van der Waals surface area contributed by atoms with Gasteiger partial charge >= 0.3 is 0 Å². The van der Waals surface area contributed by atoms with Gasteiger partial charge in [-0.25, -0.2) is 4.98 Å². The molecule has 0 radical (unpaired) electrons. The molecule has 0 bridgehead atoms. The fourth-order valence-corrected chi connectivity index (χ4v) is 3.60. The number of carbonyl (C=O) groups excluding carboxylic acids is 1. The normalized spacial score (nSPS) is 20.1. The maximum atomic E-state index is 12.9.